The highest BCUT2D eigenvalue weighted by atomic mass is 15.1. The van der Waals surface area contributed by atoms with Crippen molar-refractivity contribution in [3.05, 3.63) is 18.0 Å². The molecule has 0 saturated heterocycles. The Morgan fingerprint density at radius 1 is 1.27 bits per heavy atom. The first-order valence-corrected chi connectivity index (χ1v) is 5.95. The second kappa shape index (κ2) is 5.91. The molecule has 1 rings (SSSR count). The maximum atomic E-state index is 3.93. The average Bonchev–Trinajstić information content (AvgIpc) is 2.78. The van der Waals surface area contributed by atoms with E-state index < -0.39 is 0 Å². The molecule has 0 aliphatic rings. The second-order valence-electron chi connectivity index (χ2n) is 4.25. The molecule has 3 heteroatoms. The van der Waals surface area contributed by atoms with Crippen LogP contribution in [-0.4, -0.2) is 16.7 Å². The van der Waals surface area contributed by atoms with Crippen LogP contribution >= 0.6 is 0 Å². The lowest BCUT2D eigenvalue weighted by atomic mass is 9.80. The summed E-state index contributed by atoms with van der Waals surface area (Å²) in [6.07, 6.45) is 5.53. The maximum absolute atomic E-state index is 3.93. The lowest BCUT2D eigenvalue weighted by molar-refractivity contribution is 0.237. The summed E-state index contributed by atoms with van der Waals surface area (Å²) in [5.41, 5.74) is 1.63. The van der Waals surface area contributed by atoms with Gasteiger partial charge in [-0.2, -0.15) is 5.10 Å². The summed E-state index contributed by atoms with van der Waals surface area (Å²) >= 11 is 0. The number of nitrogens with zero attached hydrogens (tertiary/aromatic N) is 1. The number of aromatic nitrogens is 2. The zero-order valence-electron chi connectivity index (χ0n) is 10.1. The Morgan fingerprint density at radius 2 is 1.93 bits per heavy atom. The van der Waals surface area contributed by atoms with Crippen molar-refractivity contribution in [3.63, 3.8) is 0 Å². The molecule has 1 aromatic heterocycles. The fraction of sp³-hybridized carbons (Fsp3) is 0.750. The van der Waals surface area contributed by atoms with Crippen LogP contribution in [0.1, 0.15) is 45.7 Å². The first-order valence-electron chi connectivity index (χ1n) is 5.95. The maximum Gasteiger partial charge on any atom is 0.0490 e. The molecular formula is C12H23N3. The van der Waals surface area contributed by atoms with E-state index in [1.165, 1.54) is 19.3 Å². The molecule has 0 aliphatic carbocycles. The Bertz CT molecular complexity index is 242. The molecule has 0 unspecified atom stereocenters. The molecular weight excluding hydrogens is 186 g/mol. The number of H-pyrrole nitrogens is 1. The molecule has 15 heavy (non-hydrogen) atoms. The standard InChI is InChI=1S/C12H23N3/c1-4-12(5-2,6-3)10-13-9-11-7-8-14-15-11/h7-8,13H,4-6,9-10H2,1-3H3,(H,14,15). The zero-order chi connectivity index (χ0) is 11.1. The van der Waals surface area contributed by atoms with Crippen molar-refractivity contribution < 1.29 is 0 Å². The fourth-order valence-corrected chi connectivity index (χ4v) is 1.97. The third-order valence-electron chi connectivity index (χ3n) is 3.62. The van der Waals surface area contributed by atoms with Crippen molar-refractivity contribution in [2.45, 2.75) is 46.6 Å². The van der Waals surface area contributed by atoms with E-state index >= 15 is 0 Å². The Balaban J connectivity index is 2.34. The van der Waals surface area contributed by atoms with Crippen molar-refractivity contribution in [2.75, 3.05) is 6.54 Å². The van der Waals surface area contributed by atoms with E-state index in [4.69, 9.17) is 0 Å². The first-order chi connectivity index (χ1) is 7.26. The molecule has 0 aromatic carbocycles. The van der Waals surface area contributed by atoms with Crippen LogP contribution in [0.3, 0.4) is 0 Å². The quantitative estimate of drug-likeness (QED) is 0.725. The number of hydrogen-bond donors (Lipinski definition) is 2. The molecule has 1 heterocycles. The molecule has 0 aliphatic heterocycles. The monoisotopic (exact) mass is 209 g/mol. The zero-order valence-corrected chi connectivity index (χ0v) is 10.1. The van der Waals surface area contributed by atoms with Crippen molar-refractivity contribution in [1.29, 1.82) is 0 Å². The molecule has 1 aromatic rings. The second-order valence-corrected chi connectivity index (χ2v) is 4.25. The minimum absolute atomic E-state index is 0.472. The summed E-state index contributed by atoms with van der Waals surface area (Å²) in [4.78, 5) is 0. The molecule has 0 saturated carbocycles. The van der Waals surface area contributed by atoms with Gasteiger partial charge in [-0.15, -0.1) is 0 Å². The molecule has 2 N–H and O–H groups in total. The Labute approximate surface area is 92.7 Å². The largest absolute Gasteiger partial charge is 0.311 e. The molecule has 3 nitrogen and oxygen atoms in total. The minimum Gasteiger partial charge on any atom is -0.311 e. The molecule has 0 bridgehead atoms. The van der Waals surface area contributed by atoms with Crippen LogP contribution in [0.2, 0.25) is 0 Å². The normalized spacial score (nSPS) is 11.9. The molecule has 0 atom stereocenters. The van der Waals surface area contributed by atoms with Gasteiger partial charge in [0.25, 0.3) is 0 Å². The summed E-state index contributed by atoms with van der Waals surface area (Å²) in [5.74, 6) is 0. The van der Waals surface area contributed by atoms with Gasteiger partial charge in [-0.25, -0.2) is 0 Å². The van der Waals surface area contributed by atoms with Crippen molar-refractivity contribution in [1.82, 2.24) is 15.5 Å². The van der Waals surface area contributed by atoms with Gasteiger partial charge in [-0.3, -0.25) is 5.10 Å². The molecule has 0 amide bonds. The minimum atomic E-state index is 0.472. The first kappa shape index (κ1) is 12.2. The SMILES string of the molecule is CCC(CC)(CC)CNCc1ccn[nH]1. The van der Waals surface area contributed by atoms with Gasteiger partial charge in [0.05, 0.1) is 0 Å². The summed E-state index contributed by atoms with van der Waals surface area (Å²) in [6.45, 7) is 8.83. The van der Waals surface area contributed by atoms with Crippen LogP contribution in [0.15, 0.2) is 12.3 Å². The summed E-state index contributed by atoms with van der Waals surface area (Å²) < 4.78 is 0. The predicted octanol–water partition coefficient (Wildman–Crippen LogP) is 2.72. The molecule has 86 valence electrons. The average molecular weight is 209 g/mol. The Morgan fingerprint density at radius 3 is 2.40 bits per heavy atom. The molecule has 0 radical (unpaired) electrons. The van der Waals surface area contributed by atoms with Crippen LogP contribution in [0.25, 0.3) is 0 Å². The van der Waals surface area contributed by atoms with E-state index in [0.717, 1.165) is 18.8 Å². The van der Waals surface area contributed by atoms with Crippen LogP contribution in [0, 0.1) is 5.41 Å². The summed E-state index contributed by atoms with van der Waals surface area (Å²) in [5, 5.41) is 10.4. The van der Waals surface area contributed by atoms with Gasteiger partial charge in [0.2, 0.25) is 0 Å². The smallest absolute Gasteiger partial charge is 0.0490 e. The topological polar surface area (TPSA) is 40.7 Å². The van der Waals surface area contributed by atoms with Crippen LogP contribution in [-0.2, 0) is 6.54 Å². The van der Waals surface area contributed by atoms with Gasteiger partial charge < -0.3 is 5.32 Å². The van der Waals surface area contributed by atoms with Crippen LogP contribution in [0.5, 0.6) is 0 Å². The van der Waals surface area contributed by atoms with E-state index in [9.17, 15) is 0 Å². The highest BCUT2D eigenvalue weighted by Crippen LogP contribution is 2.29. The van der Waals surface area contributed by atoms with E-state index in [0.29, 0.717) is 5.41 Å². The summed E-state index contributed by atoms with van der Waals surface area (Å²) in [7, 11) is 0. The van der Waals surface area contributed by atoms with E-state index in [1.807, 2.05) is 6.07 Å². The van der Waals surface area contributed by atoms with Gasteiger partial charge in [0.1, 0.15) is 0 Å². The van der Waals surface area contributed by atoms with Crippen molar-refractivity contribution in [2.24, 2.45) is 5.41 Å². The van der Waals surface area contributed by atoms with Gasteiger partial charge in [0.15, 0.2) is 0 Å². The van der Waals surface area contributed by atoms with Crippen LogP contribution < -0.4 is 5.32 Å². The highest BCUT2D eigenvalue weighted by Gasteiger charge is 2.22. The lowest BCUT2D eigenvalue weighted by Crippen LogP contribution is -2.32. The number of aromatic amines is 1. The Kier molecular flexibility index (Phi) is 4.82. The summed E-state index contributed by atoms with van der Waals surface area (Å²) in [6, 6.07) is 2.01. The number of hydrogen-bond acceptors (Lipinski definition) is 2. The molecule has 0 fully saturated rings. The third-order valence-corrected chi connectivity index (χ3v) is 3.62. The van der Waals surface area contributed by atoms with E-state index in [-0.39, 0.29) is 0 Å². The molecule has 0 spiro atoms. The van der Waals surface area contributed by atoms with Crippen molar-refractivity contribution in [3.8, 4) is 0 Å². The predicted molar refractivity (Wildman–Crippen MR) is 63.6 cm³/mol. The van der Waals surface area contributed by atoms with E-state index in [2.05, 4.69) is 36.3 Å². The Hall–Kier alpha value is -0.830. The van der Waals surface area contributed by atoms with Gasteiger partial charge in [-0.05, 0) is 30.7 Å². The van der Waals surface area contributed by atoms with Gasteiger partial charge in [0, 0.05) is 25.0 Å². The fourth-order valence-electron chi connectivity index (χ4n) is 1.97. The van der Waals surface area contributed by atoms with Crippen molar-refractivity contribution >= 4 is 0 Å². The van der Waals surface area contributed by atoms with Gasteiger partial charge in [-0.1, -0.05) is 20.8 Å². The van der Waals surface area contributed by atoms with E-state index in [1.54, 1.807) is 6.20 Å². The van der Waals surface area contributed by atoms with Crippen LogP contribution in [0.4, 0.5) is 0 Å². The lowest BCUT2D eigenvalue weighted by Gasteiger charge is -2.30. The highest BCUT2D eigenvalue weighted by molar-refractivity contribution is 4.96. The van der Waals surface area contributed by atoms with Gasteiger partial charge >= 0.3 is 0 Å². The third kappa shape index (κ3) is 3.34. The number of nitrogens with one attached hydrogen (secondary N) is 2. The number of rotatable bonds is 7.